The fourth-order valence-electron chi connectivity index (χ4n) is 3.86. The average molecular weight is 430 g/mol. The molecule has 1 aliphatic carbocycles. The van der Waals surface area contributed by atoms with Gasteiger partial charge in [-0.3, -0.25) is 0 Å². The molecule has 0 heterocycles. The summed E-state index contributed by atoms with van der Waals surface area (Å²) >= 11 is 0. The van der Waals surface area contributed by atoms with Crippen molar-refractivity contribution in [3.05, 3.63) is 139 Å². The van der Waals surface area contributed by atoms with Crippen LogP contribution in [0.4, 0.5) is 0 Å². The Labute approximate surface area is 198 Å². The van der Waals surface area contributed by atoms with E-state index < -0.39 is 0 Å². The number of nitrogens with one attached hydrogen (secondary N) is 1. The summed E-state index contributed by atoms with van der Waals surface area (Å²) in [7, 11) is 0. The highest BCUT2D eigenvalue weighted by molar-refractivity contribution is 5.71. The van der Waals surface area contributed by atoms with Crippen molar-refractivity contribution in [1.29, 1.82) is 0 Å². The number of rotatable bonds is 8. The molecule has 0 aromatic heterocycles. The lowest BCUT2D eigenvalue weighted by Gasteiger charge is -2.13. The Hall–Kier alpha value is -3.68. The van der Waals surface area contributed by atoms with Crippen LogP contribution in [0.3, 0.4) is 0 Å². The molecule has 3 aromatic carbocycles. The first kappa shape index (κ1) is 22.5. The Morgan fingerprint density at radius 1 is 0.788 bits per heavy atom. The van der Waals surface area contributed by atoms with Crippen molar-refractivity contribution in [1.82, 2.24) is 5.32 Å². The molecule has 0 fully saturated rings. The molecule has 0 radical (unpaired) electrons. The molecule has 1 heteroatoms. The van der Waals surface area contributed by atoms with Gasteiger partial charge >= 0.3 is 0 Å². The highest BCUT2D eigenvalue weighted by Crippen LogP contribution is 2.25. The van der Waals surface area contributed by atoms with Gasteiger partial charge in [-0.25, -0.2) is 0 Å². The van der Waals surface area contributed by atoms with Gasteiger partial charge in [-0.05, 0) is 46.7 Å². The van der Waals surface area contributed by atoms with Gasteiger partial charge in [0.25, 0.3) is 0 Å². The second kappa shape index (κ2) is 11.8. The number of allylic oxidation sites excluding steroid dienone is 6. The summed E-state index contributed by atoms with van der Waals surface area (Å²) in [6, 6.07) is 28.5. The number of hydrogen-bond donors (Lipinski definition) is 1. The highest BCUT2D eigenvalue weighted by Gasteiger charge is 2.02. The van der Waals surface area contributed by atoms with Gasteiger partial charge in [0.2, 0.25) is 0 Å². The molecule has 0 saturated heterocycles. The van der Waals surface area contributed by atoms with Crippen molar-refractivity contribution in [3.63, 3.8) is 0 Å². The summed E-state index contributed by atoms with van der Waals surface area (Å²) in [5.41, 5.74) is 7.36. The Morgan fingerprint density at radius 2 is 1.42 bits per heavy atom. The van der Waals surface area contributed by atoms with E-state index in [-0.39, 0.29) is 0 Å². The van der Waals surface area contributed by atoms with Crippen LogP contribution >= 0.6 is 0 Å². The van der Waals surface area contributed by atoms with Crippen LogP contribution in [-0.4, -0.2) is 12.6 Å². The van der Waals surface area contributed by atoms with Crippen LogP contribution in [0, 0.1) is 0 Å². The van der Waals surface area contributed by atoms with Crippen LogP contribution in [-0.2, 0) is 0 Å². The van der Waals surface area contributed by atoms with Gasteiger partial charge in [-0.15, -0.1) is 0 Å². The van der Waals surface area contributed by atoms with Crippen molar-refractivity contribution in [2.24, 2.45) is 0 Å². The second-order valence-corrected chi connectivity index (χ2v) is 8.15. The Balaban J connectivity index is 1.33. The van der Waals surface area contributed by atoms with Crippen LogP contribution in [0.15, 0.2) is 133 Å². The standard InChI is InChI=1S/C32H31N/c1-2-26(10-9-25-33-32-13-7-4-8-14-32)15-16-27-17-19-29(20-18-27)31-23-21-30(22-24-31)28-11-5-3-6-12-28/h2-13,15-24,32-33H,14,25H2,1H3/b10-9-,16-15+,26-2+. The van der Waals surface area contributed by atoms with Crippen LogP contribution in [0.25, 0.3) is 28.3 Å². The lowest BCUT2D eigenvalue weighted by Crippen LogP contribution is -2.27. The lowest BCUT2D eigenvalue weighted by molar-refractivity contribution is 0.637. The summed E-state index contributed by atoms with van der Waals surface area (Å²) in [5, 5.41) is 3.53. The minimum Gasteiger partial charge on any atom is -0.307 e. The molecule has 0 aliphatic heterocycles. The minimum absolute atomic E-state index is 0.442. The largest absolute Gasteiger partial charge is 0.307 e. The predicted molar refractivity (Wildman–Crippen MR) is 144 cm³/mol. The van der Waals surface area contributed by atoms with Gasteiger partial charge < -0.3 is 5.32 Å². The monoisotopic (exact) mass is 429 g/mol. The van der Waals surface area contributed by atoms with Gasteiger partial charge in [0, 0.05) is 12.6 Å². The molecule has 0 bridgehead atoms. The van der Waals surface area contributed by atoms with Crippen molar-refractivity contribution >= 4 is 6.08 Å². The maximum atomic E-state index is 3.53. The van der Waals surface area contributed by atoms with Gasteiger partial charge in [-0.2, -0.15) is 0 Å². The van der Waals surface area contributed by atoms with Crippen molar-refractivity contribution < 1.29 is 0 Å². The first-order valence-corrected chi connectivity index (χ1v) is 11.7. The van der Waals surface area contributed by atoms with E-state index >= 15 is 0 Å². The quantitative estimate of drug-likeness (QED) is 0.358. The maximum absolute atomic E-state index is 3.53. The summed E-state index contributed by atoms with van der Waals surface area (Å²) < 4.78 is 0. The molecule has 1 nitrogen and oxygen atoms in total. The van der Waals surface area contributed by atoms with E-state index in [1.165, 1.54) is 33.4 Å². The van der Waals surface area contributed by atoms with E-state index in [0.717, 1.165) is 13.0 Å². The molecular weight excluding hydrogens is 398 g/mol. The van der Waals surface area contributed by atoms with Crippen LogP contribution in [0.2, 0.25) is 0 Å². The molecule has 4 rings (SSSR count). The average Bonchev–Trinajstić information content (AvgIpc) is 2.90. The highest BCUT2D eigenvalue weighted by atomic mass is 14.9. The number of hydrogen-bond acceptors (Lipinski definition) is 1. The van der Waals surface area contributed by atoms with Gasteiger partial charge in [-0.1, -0.05) is 134 Å². The maximum Gasteiger partial charge on any atom is 0.0290 e. The molecule has 1 aliphatic rings. The molecule has 1 atom stereocenters. The van der Waals surface area contributed by atoms with E-state index in [9.17, 15) is 0 Å². The normalized spacial score (nSPS) is 16.2. The van der Waals surface area contributed by atoms with Crippen LogP contribution < -0.4 is 5.32 Å². The van der Waals surface area contributed by atoms with Crippen molar-refractivity contribution in [3.8, 4) is 22.3 Å². The van der Waals surface area contributed by atoms with Gasteiger partial charge in [0.05, 0.1) is 0 Å². The van der Waals surface area contributed by atoms with Gasteiger partial charge in [0.1, 0.15) is 0 Å². The van der Waals surface area contributed by atoms with E-state index in [2.05, 4.69) is 146 Å². The second-order valence-electron chi connectivity index (χ2n) is 8.15. The zero-order valence-corrected chi connectivity index (χ0v) is 19.2. The lowest BCUT2D eigenvalue weighted by atomic mass is 9.99. The van der Waals surface area contributed by atoms with E-state index in [4.69, 9.17) is 0 Å². The molecule has 0 amide bonds. The summed E-state index contributed by atoms with van der Waals surface area (Å²) in [6.45, 7) is 2.94. The Kier molecular flexibility index (Phi) is 8.05. The number of benzene rings is 3. The van der Waals surface area contributed by atoms with Crippen LogP contribution in [0.5, 0.6) is 0 Å². The first-order chi connectivity index (χ1) is 16.3. The smallest absolute Gasteiger partial charge is 0.0290 e. The third kappa shape index (κ3) is 6.65. The van der Waals surface area contributed by atoms with Crippen LogP contribution in [0.1, 0.15) is 18.9 Å². The molecule has 1 N–H and O–H groups in total. The SMILES string of the molecule is C/C=C(\C=C/CNC1C=CC=CC1)/C=C/c1ccc(-c2ccc(-c3ccccc3)cc2)cc1. The molecule has 0 saturated carbocycles. The molecule has 1 unspecified atom stereocenters. The topological polar surface area (TPSA) is 12.0 Å². The Morgan fingerprint density at radius 3 is 2.03 bits per heavy atom. The molecule has 164 valence electrons. The van der Waals surface area contributed by atoms with E-state index in [1.807, 2.05) is 0 Å². The zero-order valence-electron chi connectivity index (χ0n) is 19.2. The molecule has 33 heavy (non-hydrogen) atoms. The molecule has 0 spiro atoms. The van der Waals surface area contributed by atoms with Crippen molar-refractivity contribution in [2.75, 3.05) is 6.54 Å². The fourth-order valence-corrected chi connectivity index (χ4v) is 3.86. The summed E-state index contributed by atoms with van der Waals surface area (Å²) in [4.78, 5) is 0. The summed E-state index contributed by atoms with van der Waals surface area (Å²) in [5.74, 6) is 0. The van der Waals surface area contributed by atoms with E-state index in [0.29, 0.717) is 6.04 Å². The Bertz CT molecular complexity index is 1160. The van der Waals surface area contributed by atoms with E-state index in [1.54, 1.807) is 0 Å². The van der Waals surface area contributed by atoms with Gasteiger partial charge in [0.15, 0.2) is 0 Å². The fraction of sp³-hybridized carbons (Fsp3) is 0.125. The molecular formula is C32H31N. The zero-order chi connectivity index (χ0) is 22.7. The third-order valence-electron chi connectivity index (χ3n) is 5.83. The minimum atomic E-state index is 0.442. The predicted octanol–water partition coefficient (Wildman–Crippen LogP) is 8.01. The first-order valence-electron chi connectivity index (χ1n) is 11.7. The third-order valence-corrected chi connectivity index (χ3v) is 5.83. The van der Waals surface area contributed by atoms with Crippen molar-refractivity contribution in [2.45, 2.75) is 19.4 Å². The molecule has 3 aromatic rings. The summed E-state index contributed by atoms with van der Waals surface area (Å²) in [6.07, 6.45) is 20.5.